The van der Waals surface area contributed by atoms with Gasteiger partial charge in [-0.2, -0.15) is 0 Å². The van der Waals surface area contributed by atoms with Gasteiger partial charge in [0.2, 0.25) is 5.95 Å². The minimum absolute atomic E-state index is 0.248. The molecule has 0 radical (unpaired) electrons. The van der Waals surface area contributed by atoms with Gasteiger partial charge in [-0.25, -0.2) is 14.8 Å². The van der Waals surface area contributed by atoms with Gasteiger partial charge in [-0.15, -0.1) is 11.3 Å². The van der Waals surface area contributed by atoms with E-state index in [1.165, 1.54) is 18.5 Å². The highest BCUT2D eigenvalue weighted by molar-refractivity contribution is 7.13. The molecule has 3 N–H and O–H groups in total. The van der Waals surface area contributed by atoms with Crippen LogP contribution in [0.4, 0.5) is 5.95 Å². The van der Waals surface area contributed by atoms with Crippen molar-refractivity contribution in [3.05, 3.63) is 39.8 Å². The van der Waals surface area contributed by atoms with Gasteiger partial charge in [-0.05, 0) is 19.1 Å². The summed E-state index contributed by atoms with van der Waals surface area (Å²) in [6.07, 6.45) is 2.88. The van der Waals surface area contributed by atoms with Crippen molar-refractivity contribution in [2.45, 2.75) is 13.5 Å². The van der Waals surface area contributed by atoms with Gasteiger partial charge in [0.1, 0.15) is 4.88 Å². The van der Waals surface area contributed by atoms with Crippen LogP contribution in [0.2, 0.25) is 0 Å². The van der Waals surface area contributed by atoms with E-state index in [4.69, 9.17) is 5.11 Å². The number of nitrogens with zero attached hydrogens (tertiary/aromatic N) is 2. The second-order valence-electron chi connectivity index (χ2n) is 4.08. The van der Waals surface area contributed by atoms with E-state index in [0.717, 1.165) is 16.2 Å². The number of rotatable bonds is 6. The Hall–Kier alpha value is -2.48. The van der Waals surface area contributed by atoms with Crippen molar-refractivity contribution in [3.8, 4) is 0 Å². The Labute approximate surface area is 125 Å². The zero-order valence-corrected chi connectivity index (χ0v) is 12.1. The molecule has 0 atom stereocenters. The third kappa shape index (κ3) is 3.99. The number of hydrogen-bond acceptors (Lipinski definition) is 6. The summed E-state index contributed by atoms with van der Waals surface area (Å²) in [6, 6.07) is 3.20. The average molecular weight is 306 g/mol. The quantitative estimate of drug-likeness (QED) is 0.749. The number of aromatic carboxylic acids is 1. The Kier molecular flexibility index (Phi) is 4.83. The number of anilines is 1. The molecule has 0 aliphatic rings. The van der Waals surface area contributed by atoms with Gasteiger partial charge in [0, 0.05) is 23.8 Å². The van der Waals surface area contributed by atoms with Crippen LogP contribution in [0, 0.1) is 0 Å². The lowest BCUT2D eigenvalue weighted by Crippen LogP contribution is -2.22. The maximum absolute atomic E-state index is 11.9. The lowest BCUT2D eigenvalue weighted by Gasteiger charge is -2.04. The highest BCUT2D eigenvalue weighted by Crippen LogP contribution is 2.16. The van der Waals surface area contributed by atoms with Crippen molar-refractivity contribution in [2.75, 3.05) is 11.9 Å². The van der Waals surface area contributed by atoms with E-state index in [-0.39, 0.29) is 17.3 Å². The molecule has 2 aromatic heterocycles. The predicted octanol–water partition coefficient (Wildman–Crippen LogP) is 1.60. The number of carbonyl (C=O) groups excluding carboxylic acids is 1. The molecule has 0 saturated carbocycles. The van der Waals surface area contributed by atoms with Crippen LogP contribution < -0.4 is 10.6 Å². The van der Waals surface area contributed by atoms with Crippen LogP contribution in [-0.2, 0) is 6.54 Å². The van der Waals surface area contributed by atoms with Crippen LogP contribution in [0.15, 0.2) is 24.5 Å². The summed E-state index contributed by atoms with van der Waals surface area (Å²) in [6.45, 7) is 2.90. The minimum Gasteiger partial charge on any atom is -0.477 e. The Morgan fingerprint density at radius 1 is 1.29 bits per heavy atom. The fourth-order valence-corrected chi connectivity index (χ4v) is 2.34. The van der Waals surface area contributed by atoms with Gasteiger partial charge >= 0.3 is 5.97 Å². The van der Waals surface area contributed by atoms with Crippen LogP contribution in [0.25, 0.3) is 0 Å². The smallest absolute Gasteiger partial charge is 0.345 e. The number of aromatic nitrogens is 2. The average Bonchev–Trinajstić information content (AvgIpc) is 2.95. The molecule has 7 nitrogen and oxygen atoms in total. The topological polar surface area (TPSA) is 104 Å². The molecule has 1 amide bonds. The molecule has 8 heteroatoms. The number of carboxylic acid groups (broad SMARTS) is 1. The van der Waals surface area contributed by atoms with Crippen LogP contribution in [-0.4, -0.2) is 33.5 Å². The van der Waals surface area contributed by atoms with Crippen LogP contribution in [0.1, 0.15) is 31.8 Å². The third-order valence-electron chi connectivity index (χ3n) is 2.54. The fourth-order valence-electron chi connectivity index (χ4n) is 1.55. The zero-order valence-electron chi connectivity index (χ0n) is 11.3. The summed E-state index contributed by atoms with van der Waals surface area (Å²) in [4.78, 5) is 31.7. The van der Waals surface area contributed by atoms with Crippen molar-refractivity contribution < 1.29 is 14.7 Å². The van der Waals surface area contributed by atoms with E-state index in [1.54, 1.807) is 6.07 Å². The molecular weight excluding hydrogens is 292 g/mol. The summed E-state index contributed by atoms with van der Waals surface area (Å²) in [7, 11) is 0. The van der Waals surface area contributed by atoms with Crippen molar-refractivity contribution in [1.82, 2.24) is 15.3 Å². The molecule has 2 rings (SSSR count). The normalized spacial score (nSPS) is 10.1. The minimum atomic E-state index is -0.968. The first-order valence-corrected chi connectivity index (χ1v) is 7.08. The van der Waals surface area contributed by atoms with Gasteiger partial charge in [0.25, 0.3) is 5.91 Å². The number of carboxylic acids is 1. The Morgan fingerprint density at radius 2 is 2.00 bits per heavy atom. The lowest BCUT2D eigenvalue weighted by atomic mass is 10.3. The Morgan fingerprint density at radius 3 is 2.57 bits per heavy atom. The van der Waals surface area contributed by atoms with Crippen molar-refractivity contribution in [2.24, 2.45) is 0 Å². The molecule has 0 saturated heterocycles. The van der Waals surface area contributed by atoms with E-state index < -0.39 is 5.97 Å². The van der Waals surface area contributed by atoms with Crippen molar-refractivity contribution >= 4 is 29.2 Å². The van der Waals surface area contributed by atoms with E-state index in [9.17, 15) is 9.59 Å². The second-order valence-corrected chi connectivity index (χ2v) is 5.25. The molecule has 0 aliphatic carbocycles. The van der Waals surface area contributed by atoms with Gasteiger partial charge < -0.3 is 15.7 Å². The molecule has 0 unspecified atom stereocenters. The first-order valence-electron chi connectivity index (χ1n) is 6.26. The van der Waals surface area contributed by atoms with Crippen LogP contribution in [0.3, 0.4) is 0 Å². The number of amides is 1. The predicted molar refractivity (Wildman–Crippen MR) is 78.6 cm³/mol. The summed E-state index contributed by atoms with van der Waals surface area (Å²) in [5.41, 5.74) is 0.353. The molecule has 2 aromatic rings. The van der Waals surface area contributed by atoms with Crippen LogP contribution in [0.5, 0.6) is 0 Å². The molecule has 0 aromatic carbocycles. The highest BCUT2D eigenvalue weighted by atomic mass is 32.1. The first-order chi connectivity index (χ1) is 10.1. The maximum Gasteiger partial charge on any atom is 0.345 e. The monoisotopic (exact) mass is 306 g/mol. The van der Waals surface area contributed by atoms with E-state index in [2.05, 4.69) is 20.6 Å². The van der Waals surface area contributed by atoms with Gasteiger partial charge in [-0.3, -0.25) is 4.79 Å². The van der Waals surface area contributed by atoms with E-state index >= 15 is 0 Å². The molecule has 0 aliphatic heterocycles. The molecule has 0 fully saturated rings. The molecule has 0 bridgehead atoms. The SMILES string of the molecule is CCNc1ncc(C(=O)NCc2ccc(C(=O)O)s2)cn1. The molecule has 110 valence electrons. The third-order valence-corrected chi connectivity index (χ3v) is 3.62. The summed E-state index contributed by atoms with van der Waals surface area (Å²) >= 11 is 1.13. The largest absolute Gasteiger partial charge is 0.477 e. The molecule has 2 heterocycles. The maximum atomic E-state index is 11.9. The summed E-state index contributed by atoms with van der Waals surface area (Å²) < 4.78 is 0. The highest BCUT2D eigenvalue weighted by Gasteiger charge is 2.10. The van der Waals surface area contributed by atoms with E-state index in [0.29, 0.717) is 18.1 Å². The number of carbonyl (C=O) groups is 2. The Bertz CT molecular complexity index is 639. The summed E-state index contributed by atoms with van der Waals surface area (Å²) in [5, 5.41) is 14.5. The number of thiophene rings is 1. The summed E-state index contributed by atoms with van der Waals surface area (Å²) in [5.74, 6) is -0.799. The second kappa shape index (κ2) is 6.80. The van der Waals surface area contributed by atoms with Crippen LogP contribution >= 0.6 is 11.3 Å². The number of nitrogens with one attached hydrogen (secondary N) is 2. The van der Waals surface area contributed by atoms with Gasteiger partial charge in [-0.1, -0.05) is 0 Å². The fraction of sp³-hybridized carbons (Fsp3) is 0.231. The standard InChI is InChI=1S/C13H14N4O3S/c1-2-14-13-16-5-8(6-17-13)11(18)15-7-9-3-4-10(21-9)12(19)20/h3-6H,2,7H2,1H3,(H,15,18)(H,19,20)(H,14,16,17). The van der Waals surface area contributed by atoms with E-state index in [1.807, 2.05) is 6.92 Å². The van der Waals surface area contributed by atoms with Gasteiger partial charge in [0.05, 0.1) is 12.1 Å². The first kappa shape index (κ1) is 14.9. The zero-order chi connectivity index (χ0) is 15.2. The molecule has 21 heavy (non-hydrogen) atoms. The van der Waals surface area contributed by atoms with Crippen molar-refractivity contribution in [3.63, 3.8) is 0 Å². The van der Waals surface area contributed by atoms with Crippen molar-refractivity contribution in [1.29, 1.82) is 0 Å². The molecule has 0 spiro atoms. The van der Waals surface area contributed by atoms with Gasteiger partial charge in [0.15, 0.2) is 0 Å². The Balaban J connectivity index is 1.92. The number of hydrogen-bond donors (Lipinski definition) is 3. The lowest BCUT2D eigenvalue weighted by molar-refractivity contribution is 0.0702. The molecular formula is C13H14N4O3S.